The Balaban J connectivity index is 1.61. The van der Waals surface area contributed by atoms with Crippen molar-refractivity contribution in [3.8, 4) is 0 Å². The Kier molecular flexibility index (Phi) is 2.79. The molecule has 1 aromatic heterocycles. The standard InChI is InChI=1S/C13H18N2O/c1-3-10-6-7-13(15-12(10)5-1)14-9-11-4-2-8-16-11/h6-7,11H,1-5,8-9H2,(H,14,15). The molecule has 0 amide bonds. The van der Waals surface area contributed by atoms with Gasteiger partial charge >= 0.3 is 0 Å². The van der Waals surface area contributed by atoms with Gasteiger partial charge in [0.15, 0.2) is 0 Å². The fraction of sp³-hybridized carbons (Fsp3) is 0.615. The summed E-state index contributed by atoms with van der Waals surface area (Å²) in [7, 11) is 0. The largest absolute Gasteiger partial charge is 0.376 e. The highest BCUT2D eigenvalue weighted by Crippen LogP contribution is 2.21. The number of hydrogen-bond donors (Lipinski definition) is 1. The molecule has 0 spiro atoms. The molecule has 1 aliphatic carbocycles. The average molecular weight is 218 g/mol. The Hall–Kier alpha value is -1.09. The number of ether oxygens (including phenoxy) is 1. The van der Waals surface area contributed by atoms with Crippen LogP contribution in [-0.2, 0) is 17.6 Å². The summed E-state index contributed by atoms with van der Waals surface area (Å²) in [5.74, 6) is 1.01. The van der Waals surface area contributed by atoms with E-state index in [1.54, 1.807) is 0 Å². The van der Waals surface area contributed by atoms with E-state index < -0.39 is 0 Å². The molecule has 0 aromatic carbocycles. The zero-order valence-corrected chi connectivity index (χ0v) is 9.54. The summed E-state index contributed by atoms with van der Waals surface area (Å²) >= 11 is 0. The van der Waals surface area contributed by atoms with Crippen LogP contribution in [0.5, 0.6) is 0 Å². The summed E-state index contributed by atoms with van der Waals surface area (Å²) in [5.41, 5.74) is 2.72. The lowest BCUT2D eigenvalue weighted by molar-refractivity contribution is 0.120. The Morgan fingerprint density at radius 2 is 2.31 bits per heavy atom. The van der Waals surface area contributed by atoms with E-state index in [0.29, 0.717) is 6.10 Å². The molecule has 2 heterocycles. The van der Waals surface area contributed by atoms with Crippen molar-refractivity contribution >= 4 is 5.82 Å². The zero-order chi connectivity index (χ0) is 10.8. The molecule has 2 aliphatic rings. The van der Waals surface area contributed by atoms with E-state index in [4.69, 9.17) is 4.74 Å². The van der Waals surface area contributed by atoms with Crippen LogP contribution in [0.2, 0.25) is 0 Å². The second kappa shape index (κ2) is 4.42. The summed E-state index contributed by atoms with van der Waals surface area (Å²) in [6, 6.07) is 4.31. The van der Waals surface area contributed by atoms with Crippen LogP contribution in [0.15, 0.2) is 12.1 Å². The summed E-state index contributed by atoms with van der Waals surface area (Å²) < 4.78 is 5.58. The van der Waals surface area contributed by atoms with E-state index in [1.165, 1.54) is 36.9 Å². The number of nitrogens with zero attached hydrogens (tertiary/aromatic N) is 1. The third-order valence-electron chi connectivity index (χ3n) is 3.46. The number of anilines is 1. The number of aryl methyl sites for hydroxylation is 2. The number of fused-ring (bicyclic) bond motifs is 1. The molecule has 1 fully saturated rings. The highest BCUT2D eigenvalue weighted by molar-refractivity contribution is 5.40. The maximum Gasteiger partial charge on any atom is 0.126 e. The lowest BCUT2D eigenvalue weighted by Crippen LogP contribution is -2.19. The highest BCUT2D eigenvalue weighted by atomic mass is 16.5. The van der Waals surface area contributed by atoms with Gasteiger partial charge in [-0.25, -0.2) is 4.98 Å². The van der Waals surface area contributed by atoms with Gasteiger partial charge in [-0.1, -0.05) is 6.07 Å². The first-order valence-electron chi connectivity index (χ1n) is 6.26. The highest BCUT2D eigenvalue weighted by Gasteiger charge is 2.16. The van der Waals surface area contributed by atoms with Crippen LogP contribution in [0.3, 0.4) is 0 Å². The second-order valence-electron chi connectivity index (χ2n) is 4.67. The summed E-state index contributed by atoms with van der Waals surface area (Å²) in [4.78, 5) is 4.65. The normalized spacial score (nSPS) is 23.4. The van der Waals surface area contributed by atoms with E-state index in [1.807, 2.05) is 0 Å². The molecule has 86 valence electrons. The summed E-state index contributed by atoms with van der Waals surface area (Å²) in [5, 5.41) is 3.38. The maximum atomic E-state index is 5.58. The van der Waals surface area contributed by atoms with Gasteiger partial charge in [0, 0.05) is 18.8 Å². The number of pyridine rings is 1. The molecule has 0 saturated carbocycles. The van der Waals surface area contributed by atoms with Crippen molar-refractivity contribution in [2.75, 3.05) is 18.5 Å². The molecule has 1 unspecified atom stereocenters. The summed E-state index contributed by atoms with van der Waals surface area (Å²) in [6.45, 7) is 1.82. The molecule has 1 aromatic rings. The van der Waals surface area contributed by atoms with Gasteiger partial charge in [0.2, 0.25) is 0 Å². The molecule has 16 heavy (non-hydrogen) atoms. The van der Waals surface area contributed by atoms with Gasteiger partial charge in [0.05, 0.1) is 6.10 Å². The Labute approximate surface area is 96.2 Å². The van der Waals surface area contributed by atoms with E-state index in [9.17, 15) is 0 Å². The van der Waals surface area contributed by atoms with Crippen LogP contribution < -0.4 is 5.32 Å². The first-order chi connectivity index (χ1) is 7.92. The van der Waals surface area contributed by atoms with Gasteiger partial charge in [-0.3, -0.25) is 0 Å². The number of aromatic nitrogens is 1. The van der Waals surface area contributed by atoms with E-state index in [2.05, 4.69) is 22.4 Å². The topological polar surface area (TPSA) is 34.2 Å². The third kappa shape index (κ3) is 2.05. The molecule has 0 radical (unpaired) electrons. The Bertz CT molecular complexity index is 372. The lowest BCUT2D eigenvalue weighted by atomic mass is 10.2. The fourth-order valence-electron chi connectivity index (χ4n) is 2.54. The van der Waals surface area contributed by atoms with Crippen LogP contribution in [-0.4, -0.2) is 24.2 Å². The molecular formula is C13H18N2O. The predicted molar refractivity (Wildman–Crippen MR) is 63.7 cm³/mol. The molecule has 1 saturated heterocycles. The monoisotopic (exact) mass is 218 g/mol. The molecule has 0 bridgehead atoms. The minimum Gasteiger partial charge on any atom is -0.376 e. The predicted octanol–water partition coefficient (Wildman–Crippen LogP) is 2.16. The van der Waals surface area contributed by atoms with Crippen molar-refractivity contribution in [3.63, 3.8) is 0 Å². The van der Waals surface area contributed by atoms with Crippen molar-refractivity contribution in [3.05, 3.63) is 23.4 Å². The minimum atomic E-state index is 0.384. The first-order valence-corrected chi connectivity index (χ1v) is 6.26. The van der Waals surface area contributed by atoms with Crippen molar-refractivity contribution < 1.29 is 4.74 Å². The minimum absolute atomic E-state index is 0.384. The molecule has 1 atom stereocenters. The fourth-order valence-corrected chi connectivity index (χ4v) is 2.54. The van der Waals surface area contributed by atoms with E-state index in [0.717, 1.165) is 25.4 Å². The van der Waals surface area contributed by atoms with Gasteiger partial charge in [0.1, 0.15) is 5.82 Å². The second-order valence-corrected chi connectivity index (χ2v) is 4.67. The molecule has 1 N–H and O–H groups in total. The van der Waals surface area contributed by atoms with Crippen molar-refractivity contribution in [2.45, 2.75) is 38.2 Å². The van der Waals surface area contributed by atoms with E-state index >= 15 is 0 Å². The molecular weight excluding hydrogens is 200 g/mol. The van der Waals surface area contributed by atoms with E-state index in [-0.39, 0.29) is 0 Å². The van der Waals surface area contributed by atoms with Gasteiger partial charge < -0.3 is 10.1 Å². The van der Waals surface area contributed by atoms with Gasteiger partial charge in [-0.15, -0.1) is 0 Å². The van der Waals surface area contributed by atoms with Crippen LogP contribution >= 0.6 is 0 Å². The van der Waals surface area contributed by atoms with Gasteiger partial charge in [0.25, 0.3) is 0 Å². The zero-order valence-electron chi connectivity index (χ0n) is 9.54. The molecule has 1 aliphatic heterocycles. The smallest absolute Gasteiger partial charge is 0.126 e. The number of rotatable bonds is 3. The van der Waals surface area contributed by atoms with Gasteiger partial charge in [-0.2, -0.15) is 0 Å². The molecule has 3 heteroatoms. The Morgan fingerprint density at radius 3 is 3.19 bits per heavy atom. The van der Waals surface area contributed by atoms with Crippen LogP contribution in [0.1, 0.15) is 30.5 Å². The molecule has 3 nitrogen and oxygen atoms in total. The summed E-state index contributed by atoms with van der Waals surface area (Å²) in [6.07, 6.45) is 6.37. The van der Waals surface area contributed by atoms with Crippen LogP contribution in [0, 0.1) is 0 Å². The molecule has 3 rings (SSSR count). The SMILES string of the molecule is c1cc2c(nc1NCC1CCCO1)CCC2. The Morgan fingerprint density at radius 1 is 1.31 bits per heavy atom. The van der Waals surface area contributed by atoms with Gasteiger partial charge in [-0.05, 0) is 43.7 Å². The van der Waals surface area contributed by atoms with Crippen molar-refractivity contribution in [1.82, 2.24) is 4.98 Å². The quantitative estimate of drug-likeness (QED) is 0.844. The third-order valence-corrected chi connectivity index (χ3v) is 3.46. The van der Waals surface area contributed by atoms with Crippen LogP contribution in [0.25, 0.3) is 0 Å². The maximum absolute atomic E-state index is 5.58. The van der Waals surface area contributed by atoms with Crippen molar-refractivity contribution in [1.29, 1.82) is 0 Å². The van der Waals surface area contributed by atoms with Crippen LogP contribution in [0.4, 0.5) is 5.82 Å². The average Bonchev–Trinajstić information content (AvgIpc) is 2.97. The number of hydrogen-bond acceptors (Lipinski definition) is 3. The lowest BCUT2D eigenvalue weighted by Gasteiger charge is -2.11. The first kappa shape index (κ1) is 10.1. The number of nitrogens with one attached hydrogen (secondary N) is 1. The van der Waals surface area contributed by atoms with Crippen molar-refractivity contribution in [2.24, 2.45) is 0 Å².